The molecular formula is C34H47NO9. The van der Waals surface area contributed by atoms with Crippen LogP contribution in [0.5, 0.6) is 0 Å². The monoisotopic (exact) mass is 613 g/mol. The SMILES string of the molecule is CCN1C[C@]2(COC)CC[C@H](OC)[C@@]34[C@@H]5C[C@]6(O)[C@@H](OC)C[C@@](OC(C)=O)([C@H]5[C@H]6OC(=O)c5ccccc5)[C@@H]([C@H](OC)[C@H]23)[C@@H]14. The number of hydrogen-bond acceptors (Lipinski definition) is 10. The molecule has 1 N–H and O–H groups in total. The van der Waals surface area contributed by atoms with E-state index in [9.17, 15) is 14.7 Å². The fourth-order valence-corrected chi connectivity index (χ4v) is 12.3. The highest BCUT2D eigenvalue weighted by Crippen LogP contribution is 2.80. The predicted molar refractivity (Wildman–Crippen MR) is 158 cm³/mol. The van der Waals surface area contributed by atoms with E-state index in [1.54, 1.807) is 52.7 Å². The lowest BCUT2D eigenvalue weighted by Crippen LogP contribution is -2.77. The Bertz CT molecular complexity index is 1290. The summed E-state index contributed by atoms with van der Waals surface area (Å²) in [5, 5.41) is 12.7. The Labute approximate surface area is 259 Å². The zero-order valence-electron chi connectivity index (χ0n) is 26.7. The van der Waals surface area contributed by atoms with Gasteiger partial charge in [0.2, 0.25) is 0 Å². The third-order valence-electron chi connectivity index (χ3n) is 13.0. The Hall–Kier alpha value is -2.08. The Balaban J connectivity index is 1.49. The molecule has 5 aliphatic carbocycles. The van der Waals surface area contributed by atoms with Gasteiger partial charge < -0.3 is 33.5 Å². The number of carbonyl (C=O) groups is 2. The van der Waals surface area contributed by atoms with E-state index in [2.05, 4.69) is 11.8 Å². The molecule has 242 valence electrons. The third kappa shape index (κ3) is 3.58. The lowest BCUT2D eigenvalue weighted by Gasteiger charge is -2.69. The van der Waals surface area contributed by atoms with Crippen molar-refractivity contribution >= 4 is 11.9 Å². The average molecular weight is 614 g/mol. The van der Waals surface area contributed by atoms with Crippen LogP contribution in [0.3, 0.4) is 0 Å². The van der Waals surface area contributed by atoms with E-state index >= 15 is 0 Å². The molecule has 0 unspecified atom stereocenters. The Morgan fingerprint density at radius 2 is 1.73 bits per heavy atom. The maximum absolute atomic E-state index is 13.7. The normalized spacial score (nSPS) is 48.2. The topological polar surface area (TPSA) is 113 Å². The molecule has 0 amide bonds. The zero-order chi connectivity index (χ0) is 31.2. The van der Waals surface area contributed by atoms with E-state index in [1.807, 2.05) is 6.07 Å². The summed E-state index contributed by atoms with van der Waals surface area (Å²) in [5.74, 6) is -1.85. The lowest BCUT2D eigenvalue weighted by atomic mass is 9.43. The molecule has 7 rings (SSSR count). The van der Waals surface area contributed by atoms with Gasteiger partial charge in [0.05, 0.1) is 30.5 Å². The molecule has 1 saturated heterocycles. The molecule has 6 fully saturated rings. The Morgan fingerprint density at radius 1 is 1.00 bits per heavy atom. The van der Waals surface area contributed by atoms with Gasteiger partial charge in [0.1, 0.15) is 17.3 Å². The molecule has 1 spiro atoms. The number of nitrogens with zero attached hydrogens (tertiary/aromatic N) is 1. The summed E-state index contributed by atoms with van der Waals surface area (Å²) in [7, 11) is 6.90. The van der Waals surface area contributed by atoms with Crippen molar-refractivity contribution in [2.24, 2.45) is 34.5 Å². The molecule has 6 aliphatic rings. The molecule has 5 saturated carbocycles. The number of carbonyl (C=O) groups excluding carboxylic acids is 2. The van der Waals surface area contributed by atoms with Crippen LogP contribution in [-0.2, 0) is 33.2 Å². The predicted octanol–water partition coefficient (Wildman–Crippen LogP) is 2.71. The van der Waals surface area contributed by atoms with Crippen LogP contribution in [-0.4, -0.2) is 112 Å². The van der Waals surface area contributed by atoms with Crippen LogP contribution in [0.1, 0.15) is 49.9 Å². The van der Waals surface area contributed by atoms with Crippen molar-refractivity contribution < 1.29 is 43.1 Å². The number of benzene rings is 1. The van der Waals surface area contributed by atoms with Crippen LogP contribution in [0.4, 0.5) is 0 Å². The Kier molecular flexibility index (Phi) is 7.27. The van der Waals surface area contributed by atoms with Gasteiger partial charge in [0.15, 0.2) is 0 Å². The number of fused-ring (bicyclic) bond motifs is 2. The highest BCUT2D eigenvalue weighted by Gasteiger charge is 2.89. The lowest BCUT2D eigenvalue weighted by molar-refractivity contribution is -0.287. The zero-order valence-corrected chi connectivity index (χ0v) is 26.7. The van der Waals surface area contributed by atoms with Crippen LogP contribution in [0.25, 0.3) is 0 Å². The smallest absolute Gasteiger partial charge is 0.338 e. The number of aliphatic hydroxyl groups is 1. The quantitative estimate of drug-likeness (QED) is 0.417. The van der Waals surface area contributed by atoms with Crippen molar-refractivity contribution in [1.29, 1.82) is 0 Å². The number of piperidine rings is 1. The third-order valence-corrected chi connectivity index (χ3v) is 13.0. The van der Waals surface area contributed by atoms with Gasteiger partial charge >= 0.3 is 11.9 Å². The molecule has 0 aromatic heterocycles. The van der Waals surface area contributed by atoms with E-state index in [4.69, 9.17) is 28.4 Å². The molecule has 1 heterocycles. The molecule has 1 aromatic rings. The molecule has 10 nitrogen and oxygen atoms in total. The molecule has 0 radical (unpaired) electrons. The summed E-state index contributed by atoms with van der Waals surface area (Å²) in [6, 6.07) is 8.80. The first-order chi connectivity index (χ1) is 21.1. The highest BCUT2D eigenvalue weighted by molar-refractivity contribution is 5.89. The molecule has 44 heavy (non-hydrogen) atoms. The molecule has 10 heteroatoms. The number of ether oxygens (including phenoxy) is 6. The second-order valence-electron chi connectivity index (χ2n) is 14.3. The maximum atomic E-state index is 13.7. The minimum Gasteiger partial charge on any atom is -0.458 e. The van der Waals surface area contributed by atoms with Crippen molar-refractivity contribution in [3.63, 3.8) is 0 Å². The van der Waals surface area contributed by atoms with Crippen LogP contribution in [0.15, 0.2) is 30.3 Å². The van der Waals surface area contributed by atoms with E-state index in [-0.39, 0.29) is 47.8 Å². The van der Waals surface area contributed by atoms with E-state index in [1.165, 1.54) is 6.92 Å². The number of esters is 2. The van der Waals surface area contributed by atoms with E-state index in [0.717, 1.165) is 25.9 Å². The fourth-order valence-electron chi connectivity index (χ4n) is 12.3. The first kappa shape index (κ1) is 30.6. The Morgan fingerprint density at radius 3 is 2.34 bits per heavy atom. The van der Waals surface area contributed by atoms with Gasteiger partial charge in [-0.15, -0.1) is 0 Å². The maximum Gasteiger partial charge on any atom is 0.338 e. The second-order valence-corrected chi connectivity index (χ2v) is 14.3. The first-order valence-corrected chi connectivity index (χ1v) is 16.1. The number of likely N-dealkylation sites (tertiary alicyclic amines) is 1. The second kappa shape index (κ2) is 10.5. The van der Waals surface area contributed by atoms with Crippen molar-refractivity contribution in [2.45, 2.75) is 81.2 Å². The van der Waals surface area contributed by atoms with Crippen LogP contribution >= 0.6 is 0 Å². The standard InChI is InChI=1S/C34H47NO9/c1-7-35-17-31(18-39-3)14-13-22(40-4)34-21-15-32(38)23(41-5)16-33(44-19(2)36,25(28(34)35)26(42-6)27(31)34)24(21)29(32)43-30(37)20-11-9-8-10-12-20/h8-12,21-29,38H,7,13-18H2,1-6H3/t21-,22+,23+,24-,25+,26+,27-,28-,29-,31+,32+,33-,34+/m1/s1. The first-order valence-electron chi connectivity index (χ1n) is 16.1. The molecule has 13 atom stereocenters. The van der Waals surface area contributed by atoms with Gasteiger partial charge in [-0.3, -0.25) is 9.69 Å². The van der Waals surface area contributed by atoms with Gasteiger partial charge in [0.25, 0.3) is 0 Å². The molecule has 7 bridgehead atoms. The van der Waals surface area contributed by atoms with Gasteiger partial charge in [-0.2, -0.15) is 0 Å². The van der Waals surface area contributed by atoms with Crippen LogP contribution in [0, 0.1) is 34.5 Å². The summed E-state index contributed by atoms with van der Waals surface area (Å²) in [6.45, 7) is 5.84. The molecule has 1 aromatic carbocycles. The minimum atomic E-state index is -1.48. The van der Waals surface area contributed by atoms with E-state index in [0.29, 0.717) is 18.6 Å². The summed E-state index contributed by atoms with van der Waals surface area (Å²) >= 11 is 0. The summed E-state index contributed by atoms with van der Waals surface area (Å²) < 4.78 is 38.2. The summed E-state index contributed by atoms with van der Waals surface area (Å²) in [6.07, 6.45) is 0.292. The van der Waals surface area contributed by atoms with Crippen molar-refractivity contribution in [1.82, 2.24) is 4.90 Å². The van der Waals surface area contributed by atoms with Crippen molar-refractivity contribution in [2.75, 3.05) is 48.1 Å². The minimum absolute atomic E-state index is 0.0216. The van der Waals surface area contributed by atoms with Gasteiger partial charge in [0, 0.05) is 83.0 Å². The fraction of sp³-hybridized carbons (Fsp3) is 0.765. The van der Waals surface area contributed by atoms with Crippen LogP contribution in [0.2, 0.25) is 0 Å². The van der Waals surface area contributed by atoms with Gasteiger partial charge in [-0.1, -0.05) is 25.1 Å². The molecular weight excluding hydrogens is 566 g/mol. The number of hydrogen-bond donors (Lipinski definition) is 1. The van der Waals surface area contributed by atoms with Gasteiger partial charge in [-0.25, -0.2) is 4.79 Å². The highest BCUT2D eigenvalue weighted by atomic mass is 16.6. The average Bonchev–Trinajstić information content (AvgIpc) is 3.39. The molecule has 1 aliphatic heterocycles. The van der Waals surface area contributed by atoms with Crippen molar-refractivity contribution in [3.8, 4) is 0 Å². The van der Waals surface area contributed by atoms with Gasteiger partial charge in [-0.05, 0) is 43.9 Å². The van der Waals surface area contributed by atoms with Crippen molar-refractivity contribution in [3.05, 3.63) is 35.9 Å². The number of rotatable bonds is 9. The number of methoxy groups -OCH3 is 4. The largest absolute Gasteiger partial charge is 0.458 e. The van der Waals surface area contributed by atoms with Crippen LogP contribution < -0.4 is 0 Å². The summed E-state index contributed by atoms with van der Waals surface area (Å²) in [5.41, 5.74) is -2.88. The summed E-state index contributed by atoms with van der Waals surface area (Å²) in [4.78, 5) is 29.5. The van der Waals surface area contributed by atoms with E-state index < -0.39 is 46.7 Å².